The Bertz CT molecular complexity index is 1940. The summed E-state index contributed by atoms with van der Waals surface area (Å²) in [4.78, 5) is 46.7. The molecule has 0 N–H and O–H groups in total. The molecule has 0 aliphatic rings. The Morgan fingerprint density at radius 2 is 1.26 bits per heavy atom. The number of nitrogens with zero attached hydrogens (tertiary/aromatic N) is 4. The Labute approximate surface area is 326 Å². The molecule has 0 aliphatic carbocycles. The maximum absolute atomic E-state index is 14.7. The lowest BCUT2D eigenvalue weighted by atomic mass is 9.91. The molecule has 12 heteroatoms. The number of hydroxylamine groups is 4. The molecule has 0 saturated heterocycles. The zero-order valence-electron chi connectivity index (χ0n) is 33.3. The van der Waals surface area contributed by atoms with Gasteiger partial charge >= 0.3 is 0 Å². The average Bonchev–Trinajstić information content (AvgIpc) is 3.09. The average molecular weight is 779 g/mol. The molecule has 2 heterocycles. The van der Waals surface area contributed by atoms with Gasteiger partial charge in [0.2, 0.25) is 12.8 Å². The Hall–Kier alpha value is -3.58. The smallest absolute Gasteiger partial charge is 0.233 e. The van der Waals surface area contributed by atoms with E-state index in [2.05, 4.69) is 16.0 Å². The number of hydrogen-bond acceptors (Lipinski definition) is 9. The van der Waals surface area contributed by atoms with Gasteiger partial charge in [0.25, 0.3) is 0 Å². The van der Waals surface area contributed by atoms with Crippen LogP contribution >= 0.6 is 11.8 Å². The molecule has 0 radical (unpaired) electrons. The van der Waals surface area contributed by atoms with Crippen molar-refractivity contribution in [1.29, 1.82) is 0 Å². The van der Waals surface area contributed by atoms with Crippen molar-refractivity contribution < 1.29 is 27.7 Å². The maximum Gasteiger partial charge on any atom is 0.233 e. The summed E-state index contributed by atoms with van der Waals surface area (Å²) >= 11 is 1.67. The van der Waals surface area contributed by atoms with E-state index in [1.807, 2.05) is 123 Å². The summed E-state index contributed by atoms with van der Waals surface area (Å²) < 4.78 is 29.5. The number of hydrogen-bond donors (Lipinski definition) is 0. The van der Waals surface area contributed by atoms with Crippen molar-refractivity contribution in [1.82, 2.24) is 20.1 Å². The number of para-hydroxylation sites is 2. The van der Waals surface area contributed by atoms with E-state index < -0.39 is 32.3 Å². The third kappa shape index (κ3) is 13.0. The van der Waals surface area contributed by atoms with Gasteiger partial charge in [-0.25, -0.2) is 18.5 Å². The number of sulfone groups is 1. The molecule has 54 heavy (non-hydrogen) atoms. The van der Waals surface area contributed by atoms with Gasteiger partial charge in [0.05, 0.1) is 45.3 Å². The van der Waals surface area contributed by atoms with Crippen LogP contribution in [0.25, 0.3) is 21.8 Å². The Balaban J connectivity index is 1.65. The molecule has 2 aromatic carbocycles. The lowest BCUT2D eigenvalue weighted by Gasteiger charge is -2.39. The van der Waals surface area contributed by atoms with E-state index in [1.54, 1.807) is 18.0 Å². The number of carbonyl (C=O) groups excluding carboxylic acids is 2. The number of fused-ring (bicyclic) bond motifs is 2. The molecular formula is C42H58N4O6S2. The molecule has 4 rings (SSSR count). The van der Waals surface area contributed by atoms with Crippen LogP contribution in [0.4, 0.5) is 0 Å². The number of carbonyl (C=O) groups is 2. The second-order valence-electron chi connectivity index (χ2n) is 16.7. The first-order valence-electron chi connectivity index (χ1n) is 18.7. The van der Waals surface area contributed by atoms with Gasteiger partial charge in [-0.15, -0.1) is 0 Å². The third-order valence-electron chi connectivity index (χ3n) is 8.81. The second kappa shape index (κ2) is 18.8. The highest BCUT2D eigenvalue weighted by Crippen LogP contribution is 2.32. The van der Waals surface area contributed by atoms with E-state index in [4.69, 9.17) is 9.68 Å². The SMILES string of the molecule is CC(C)C[C@@H](C(CC(C)CC(CSCc1cnc2ccccc2c1)N(C=O)OC(C)(C)C)S(=O)(=O)Cc1cnc2ccccc2c1)N(C=O)OC(C)(C)C. The topological polar surface area (TPSA) is 119 Å². The fourth-order valence-electron chi connectivity index (χ4n) is 6.67. The highest BCUT2D eigenvalue weighted by atomic mass is 32.2. The Morgan fingerprint density at radius 3 is 1.80 bits per heavy atom. The zero-order chi connectivity index (χ0) is 39.7. The predicted octanol–water partition coefficient (Wildman–Crippen LogP) is 8.58. The number of amides is 2. The van der Waals surface area contributed by atoms with Gasteiger partial charge in [-0.05, 0) is 108 Å². The van der Waals surface area contributed by atoms with Crippen molar-refractivity contribution in [2.45, 2.75) is 122 Å². The van der Waals surface area contributed by atoms with Crippen LogP contribution in [0.5, 0.6) is 0 Å². The molecule has 4 atom stereocenters. The van der Waals surface area contributed by atoms with Crippen LogP contribution in [0, 0.1) is 11.8 Å². The van der Waals surface area contributed by atoms with Crippen LogP contribution in [0.2, 0.25) is 0 Å². The molecule has 4 aromatic rings. The second-order valence-corrected chi connectivity index (χ2v) is 19.9. The van der Waals surface area contributed by atoms with Crippen molar-refractivity contribution in [3.05, 3.63) is 84.2 Å². The zero-order valence-corrected chi connectivity index (χ0v) is 34.9. The van der Waals surface area contributed by atoms with E-state index in [9.17, 15) is 18.0 Å². The summed E-state index contributed by atoms with van der Waals surface area (Å²) in [6.45, 7) is 17.2. The number of benzene rings is 2. The third-order valence-corrected chi connectivity index (χ3v) is 12.1. The van der Waals surface area contributed by atoms with Crippen LogP contribution in [-0.4, -0.2) is 75.6 Å². The molecule has 0 saturated carbocycles. The molecule has 3 unspecified atom stereocenters. The van der Waals surface area contributed by atoms with Crippen molar-refractivity contribution in [2.24, 2.45) is 11.8 Å². The summed E-state index contributed by atoms with van der Waals surface area (Å²) in [5.41, 5.74) is 1.99. The predicted molar refractivity (Wildman–Crippen MR) is 219 cm³/mol. The highest BCUT2D eigenvalue weighted by molar-refractivity contribution is 7.98. The summed E-state index contributed by atoms with van der Waals surface area (Å²) in [6.07, 6.45) is 5.93. The molecule has 0 bridgehead atoms. The summed E-state index contributed by atoms with van der Waals surface area (Å²) in [5, 5.41) is 3.55. The molecule has 0 aliphatic heterocycles. The summed E-state index contributed by atoms with van der Waals surface area (Å²) in [7, 11) is -3.90. The van der Waals surface area contributed by atoms with Crippen LogP contribution in [-0.2, 0) is 40.6 Å². The van der Waals surface area contributed by atoms with E-state index in [-0.39, 0.29) is 30.1 Å². The quantitative estimate of drug-likeness (QED) is 0.0642. The van der Waals surface area contributed by atoms with Crippen LogP contribution in [0.15, 0.2) is 73.1 Å². The molecule has 0 fully saturated rings. The monoisotopic (exact) mass is 778 g/mol. The number of pyridine rings is 2. The first-order chi connectivity index (χ1) is 25.4. The molecule has 10 nitrogen and oxygen atoms in total. The van der Waals surface area contributed by atoms with E-state index in [1.165, 1.54) is 10.1 Å². The summed E-state index contributed by atoms with van der Waals surface area (Å²) in [6, 6.07) is 18.5. The lowest BCUT2D eigenvalue weighted by molar-refractivity contribution is -0.235. The summed E-state index contributed by atoms with van der Waals surface area (Å²) in [5.74, 6) is 0.851. The minimum absolute atomic E-state index is 0.0656. The fraction of sp³-hybridized carbons (Fsp3) is 0.524. The Kier molecular flexibility index (Phi) is 15.1. The van der Waals surface area contributed by atoms with Crippen molar-refractivity contribution in [3.8, 4) is 0 Å². The lowest BCUT2D eigenvalue weighted by Crippen LogP contribution is -2.51. The van der Waals surface area contributed by atoms with Gasteiger partial charge in [0.1, 0.15) is 0 Å². The fourth-order valence-corrected chi connectivity index (χ4v) is 9.91. The minimum Gasteiger partial charge on any atom is -0.276 e. The van der Waals surface area contributed by atoms with Gasteiger partial charge < -0.3 is 0 Å². The first kappa shape index (κ1) is 43.2. The van der Waals surface area contributed by atoms with E-state index in [0.29, 0.717) is 42.7 Å². The van der Waals surface area contributed by atoms with Gasteiger partial charge in [-0.1, -0.05) is 57.2 Å². The molecular weight excluding hydrogens is 721 g/mol. The molecule has 2 aromatic heterocycles. The number of thioether (sulfide) groups is 1. The first-order valence-corrected chi connectivity index (χ1v) is 21.6. The van der Waals surface area contributed by atoms with Crippen LogP contribution in [0.3, 0.4) is 0 Å². The maximum atomic E-state index is 14.7. The van der Waals surface area contributed by atoms with Crippen LogP contribution < -0.4 is 0 Å². The van der Waals surface area contributed by atoms with Crippen molar-refractivity contribution >= 4 is 56.2 Å². The molecule has 0 spiro atoms. The van der Waals surface area contributed by atoms with Gasteiger partial charge in [-0.3, -0.25) is 29.2 Å². The Morgan fingerprint density at radius 1 is 0.741 bits per heavy atom. The number of aromatic nitrogens is 2. The normalized spacial score (nSPS) is 14.9. The van der Waals surface area contributed by atoms with Gasteiger partial charge in [0, 0.05) is 34.7 Å². The molecule has 2 amide bonds. The van der Waals surface area contributed by atoms with Crippen LogP contribution in [0.1, 0.15) is 92.7 Å². The van der Waals surface area contributed by atoms with Crippen molar-refractivity contribution in [3.63, 3.8) is 0 Å². The van der Waals surface area contributed by atoms with E-state index in [0.717, 1.165) is 27.4 Å². The number of rotatable bonds is 20. The standard InChI is InChI=1S/C42H58N4O6S2/c1-30(2)18-39(46(29-48)52-42(7,8)9)40(54(49,50)27-33-22-35-15-11-13-17-38(35)44-24-33)20-31(3)19-36(45(28-47)51-41(4,5)6)26-53-25-32-21-34-14-10-12-16-37(34)43-23-32/h10-17,21-24,28-31,36,39-40H,18-20,25-27H2,1-9H3/t31?,36?,39-,40?/m0/s1. The van der Waals surface area contributed by atoms with Gasteiger partial charge in [-0.2, -0.15) is 11.8 Å². The minimum atomic E-state index is -3.90. The van der Waals surface area contributed by atoms with Gasteiger partial charge in [0.15, 0.2) is 9.84 Å². The molecule has 294 valence electrons. The highest BCUT2D eigenvalue weighted by Gasteiger charge is 2.41. The largest absolute Gasteiger partial charge is 0.276 e. The van der Waals surface area contributed by atoms with Crippen molar-refractivity contribution in [2.75, 3.05) is 5.75 Å². The van der Waals surface area contributed by atoms with E-state index >= 15 is 0 Å².